The molecular formula is C26H29N7O2. The number of aromatic nitrogens is 3. The predicted octanol–water partition coefficient (Wildman–Crippen LogP) is 3.85. The van der Waals surface area contributed by atoms with E-state index in [1.807, 2.05) is 24.3 Å². The first-order valence-electron chi connectivity index (χ1n) is 11.9. The van der Waals surface area contributed by atoms with Gasteiger partial charge in [0.15, 0.2) is 0 Å². The average Bonchev–Trinajstić information content (AvgIpc) is 2.85. The summed E-state index contributed by atoms with van der Waals surface area (Å²) in [5.74, 6) is 1.49. The molecule has 9 nitrogen and oxygen atoms in total. The van der Waals surface area contributed by atoms with Gasteiger partial charge in [0.05, 0.1) is 0 Å². The third kappa shape index (κ3) is 5.58. The van der Waals surface area contributed by atoms with Crippen molar-refractivity contribution < 1.29 is 9.53 Å². The second kappa shape index (κ2) is 10.5. The summed E-state index contributed by atoms with van der Waals surface area (Å²) in [5, 5.41) is 12.6. The minimum atomic E-state index is -0.305. The standard InChI is InChI=1S/C26H29N7O2/c1-2-12-28-25(34)21-16-29-26(30-19-10-9-17-11-13-27-15-18(17)14-19)33-24(21)32-22-7-4-8-23(31-22)35-20-5-3-6-20/h2,4,7-10,14,16,20,27H,1,3,5-6,11-13,15H2,(H,28,34)(H2,29,30,31,32,33). The van der Waals surface area contributed by atoms with Crippen LogP contribution in [0.3, 0.4) is 0 Å². The Morgan fingerprint density at radius 3 is 2.91 bits per heavy atom. The Morgan fingerprint density at radius 1 is 1.17 bits per heavy atom. The number of pyridine rings is 1. The molecule has 5 rings (SSSR count). The van der Waals surface area contributed by atoms with Gasteiger partial charge in [-0.25, -0.2) is 4.98 Å². The summed E-state index contributed by atoms with van der Waals surface area (Å²) in [5.41, 5.74) is 3.80. The summed E-state index contributed by atoms with van der Waals surface area (Å²) in [4.78, 5) is 26.3. The fraction of sp³-hybridized carbons (Fsp3) is 0.308. The van der Waals surface area contributed by atoms with E-state index in [9.17, 15) is 4.79 Å². The van der Waals surface area contributed by atoms with Crippen LogP contribution in [0.2, 0.25) is 0 Å². The quantitative estimate of drug-likeness (QED) is 0.348. The highest BCUT2D eigenvalue weighted by atomic mass is 16.5. The molecule has 2 aromatic heterocycles. The van der Waals surface area contributed by atoms with Crippen LogP contribution in [0.1, 0.15) is 40.7 Å². The van der Waals surface area contributed by atoms with Gasteiger partial charge in [-0.3, -0.25) is 4.79 Å². The van der Waals surface area contributed by atoms with Crippen LogP contribution in [0, 0.1) is 0 Å². The van der Waals surface area contributed by atoms with Crippen LogP contribution in [0.4, 0.5) is 23.3 Å². The van der Waals surface area contributed by atoms with Crippen molar-refractivity contribution in [1.29, 1.82) is 0 Å². The molecule has 1 fully saturated rings. The van der Waals surface area contributed by atoms with Gasteiger partial charge in [-0.2, -0.15) is 9.97 Å². The number of ether oxygens (including phenoxy) is 1. The molecule has 1 aliphatic carbocycles. The number of hydrogen-bond donors (Lipinski definition) is 4. The zero-order valence-electron chi connectivity index (χ0n) is 19.5. The average molecular weight is 472 g/mol. The third-order valence-corrected chi connectivity index (χ3v) is 6.10. The molecule has 2 aliphatic rings. The van der Waals surface area contributed by atoms with E-state index in [1.165, 1.54) is 23.7 Å². The molecule has 0 radical (unpaired) electrons. The summed E-state index contributed by atoms with van der Waals surface area (Å²) in [7, 11) is 0. The lowest BCUT2D eigenvalue weighted by Crippen LogP contribution is -2.25. The maximum Gasteiger partial charge on any atom is 0.256 e. The minimum Gasteiger partial charge on any atom is -0.474 e. The Balaban J connectivity index is 1.39. The van der Waals surface area contributed by atoms with Crippen molar-refractivity contribution in [3.8, 4) is 5.88 Å². The van der Waals surface area contributed by atoms with Crippen LogP contribution >= 0.6 is 0 Å². The van der Waals surface area contributed by atoms with Crippen LogP contribution in [-0.4, -0.2) is 40.1 Å². The Bertz CT molecular complexity index is 1230. The number of nitrogens with zero attached hydrogens (tertiary/aromatic N) is 3. The molecule has 4 N–H and O–H groups in total. The number of amides is 1. The highest BCUT2D eigenvalue weighted by Gasteiger charge is 2.20. The summed E-state index contributed by atoms with van der Waals surface area (Å²) in [6.45, 7) is 5.82. The molecule has 9 heteroatoms. The molecule has 0 saturated heterocycles. The van der Waals surface area contributed by atoms with E-state index in [0.29, 0.717) is 35.6 Å². The van der Waals surface area contributed by atoms with Crippen molar-refractivity contribution in [3.63, 3.8) is 0 Å². The Labute approximate surface area is 204 Å². The second-order valence-electron chi connectivity index (χ2n) is 8.65. The predicted molar refractivity (Wildman–Crippen MR) is 135 cm³/mol. The Morgan fingerprint density at radius 2 is 2.09 bits per heavy atom. The van der Waals surface area contributed by atoms with Gasteiger partial charge >= 0.3 is 0 Å². The van der Waals surface area contributed by atoms with E-state index in [4.69, 9.17) is 4.74 Å². The normalized spacial score (nSPS) is 14.9. The smallest absolute Gasteiger partial charge is 0.256 e. The van der Waals surface area contributed by atoms with Gasteiger partial charge < -0.3 is 26.0 Å². The van der Waals surface area contributed by atoms with Crippen LogP contribution in [0.15, 0.2) is 55.3 Å². The zero-order chi connectivity index (χ0) is 24.0. The molecular weight excluding hydrogens is 442 g/mol. The number of benzene rings is 1. The van der Waals surface area contributed by atoms with Crippen molar-refractivity contribution in [2.75, 3.05) is 23.7 Å². The molecule has 180 valence electrons. The first-order chi connectivity index (χ1) is 17.2. The van der Waals surface area contributed by atoms with Gasteiger partial charge in [0, 0.05) is 31.0 Å². The van der Waals surface area contributed by atoms with Gasteiger partial charge in [-0.15, -0.1) is 6.58 Å². The summed E-state index contributed by atoms with van der Waals surface area (Å²) in [6.07, 6.45) is 7.65. The molecule has 0 bridgehead atoms. The zero-order valence-corrected chi connectivity index (χ0v) is 19.5. The Hall–Kier alpha value is -3.98. The van der Waals surface area contributed by atoms with E-state index in [2.05, 4.69) is 54.9 Å². The van der Waals surface area contributed by atoms with E-state index in [1.54, 1.807) is 6.08 Å². The molecule has 0 atom stereocenters. The maximum absolute atomic E-state index is 12.8. The van der Waals surface area contributed by atoms with E-state index in [-0.39, 0.29) is 12.0 Å². The van der Waals surface area contributed by atoms with Gasteiger partial charge in [0.1, 0.15) is 23.3 Å². The van der Waals surface area contributed by atoms with E-state index < -0.39 is 0 Å². The molecule has 1 aromatic carbocycles. The summed E-state index contributed by atoms with van der Waals surface area (Å²) >= 11 is 0. The topological polar surface area (TPSA) is 113 Å². The van der Waals surface area contributed by atoms with Crippen molar-refractivity contribution in [2.45, 2.75) is 38.3 Å². The van der Waals surface area contributed by atoms with Crippen molar-refractivity contribution in [3.05, 3.63) is 71.9 Å². The summed E-state index contributed by atoms with van der Waals surface area (Å²) < 4.78 is 5.92. The fourth-order valence-corrected chi connectivity index (χ4v) is 3.98. The number of anilines is 4. The summed E-state index contributed by atoms with van der Waals surface area (Å²) in [6, 6.07) is 11.8. The maximum atomic E-state index is 12.8. The second-order valence-corrected chi connectivity index (χ2v) is 8.65. The first kappa shape index (κ1) is 22.8. The highest BCUT2D eigenvalue weighted by molar-refractivity contribution is 5.99. The molecule has 1 saturated carbocycles. The molecule has 0 spiro atoms. The number of hydrogen-bond acceptors (Lipinski definition) is 8. The minimum absolute atomic E-state index is 0.222. The van der Waals surface area contributed by atoms with Crippen molar-refractivity contribution in [1.82, 2.24) is 25.6 Å². The number of rotatable bonds is 9. The lowest BCUT2D eigenvalue weighted by molar-refractivity contribution is 0.0958. The van der Waals surface area contributed by atoms with Crippen LogP contribution in [0.25, 0.3) is 0 Å². The van der Waals surface area contributed by atoms with Crippen molar-refractivity contribution in [2.24, 2.45) is 0 Å². The monoisotopic (exact) mass is 471 g/mol. The first-order valence-corrected chi connectivity index (χ1v) is 11.9. The molecule has 3 aromatic rings. The van der Waals surface area contributed by atoms with Gasteiger partial charge in [-0.05, 0) is 61.6 Å². The number of carbonyl (C=O) groups excluding carboxylic acids is 1. The number of fused-ring (bicyclic) bond motifs is 1. The number of carbonyl (C=O) groups is 1. The van der Waals surface area contributed by atoms with Crippen LogP contribution < -0.4 is 26.0 Å². The molecule has 1 aliphatic heterocycles. The molecule has 0 unspecified atom stereocenters. The molecule has 1 amide bonds. The van der Waals surface area contributed by atoms with Crippen LogP contribution in [-0.2, 0) is 13.0 Å². The lowest BCUT2D eigenvalue weighted by atomic mass is 9.96. The van der Waals surface area contributed by atoms with Gasteiger partial charge in [0.25, 0.3) is 5.91 Å². The largest absolute Gasteiger partial charge is 0.474 e. The van der Waals surface area contributed by atoms with E-state index >= 15 is 0 Å². The van der Waals surface area contributed by atoms with Gasteiger partial charge in [-0.1, -0.05) is 18.2 Å². The van der Waals surface area contributed by atoms with Crippen molar-refractivity contribution >= 4 is 29.2 Å². The molecule has 35 heavy (non-hydrogen) atoms. The fourth-order valence-electron chi connectivity index (χ4n) is 3.98. The van der Waals surface area contributed by atoms with Gasteiger partial charge in [0.2, 0.25) is 11.8 Å². The highest BCUT2D eigenvalue weighted by Crippen LogP contribution is 2.27. The van der Waals surface area contributed by atoms with Crippen LogP contribution in [0.5, 0.6) is 5.88 Å². The third-order valence-electron chi connectivity index (χ3n) is 6.10. The van der Waals surface area contributed by atoms with E-state index in [0.717, 1.165) is 38.0 Å². The number of nitrogens with one attached hydrogen (secondary N) is 4. The SMILES string of the molecule is C=CCNC(=O)c1cnc(Nc2ccc3c(c2)CNCC3)nc1Nc1cccc(OC2CCC2)n1. The Kier molecular flexibility index (Phi) is 6.85. The molecule has 3 heterocycles. The lowest BCUT2D eigenvalue weighted by Gasteiger charge is -2.25.